The third kappa shape index (κ3) is 1.89. The molecule has 21 heavy (non-hydrogen) atoms. The zero-order valence-electron chi connectivity index (χ0n) is 11.4. The van der Waals surface area contributed by atoms with Crippen molar-refractivity contribution in [2.45, 2.75) is 25.7 Å². The second kappa shape index (κ2) is 4.60. The third-order valence-corrected chi connectivity index (χ3v) is 4.63. The molecule has 108 valence electrons. The lowest BCUT2D eigenvalue weighted by Gasteiger charge is -2.37. The van der Waals surface area contributed by atoms with Crippen LogP contribution < -0.4 is 10.5 Å². The van der Waals surface area contributed by atoms with Gasteiger partial charge in [-0.25, -0.2) is 4.79 Å². The Hall–Kier alpha value is -1.81. The van der Waals surface area contributed by atoms with Crippen LogP contribution in [0.5, 0.6) is 0 Å². The van der Waals surface area contributed by atoms with Gasteiger partial charge < -0.3 is 9.32 Å². The molecule has 0 unspecified atom stereocenters. The highest BCUT2D eigenvalue weighted by atomic mass is 35.5. The summed E-state index contributed by atoms with van der Waals surface area (Å²) in [5, 5.41) is 0.0368. The SMILES string of the molecule is O=C(Cl)c1cc2cc3c4c(c2oc1=O)CCCN4CCC3. The van der Waals surface area contributed by atoms with Crippen molar-refractivity contribution in [2.24, 2.45) is 0 Å². The summed E-state index contributed by atoms with van der Waals surface area (Å²) in [4.78, 5) is 25.6. The number of hydrogen-bond acceptors (Lipinski definition) is 4. The van der Waals surface area contributed by atoms with E-state index in [1.165, 1.54) is 11.3 Å². The van der Waals surface area contributed by atoms with Crippen LogP contribution in [0.1, 0.15) is 34.3 Å². The third-order valence-electron chi connectivity index (χ3n) is 4.43. The fourth-order valence-corrected chi connectivity index (χ4v) is 3.71. The van der Waals surface area contributed by atoms with E-state index in [1.807, 2.05) is 6.07 Å². The first kappa shape index (κ1) is 12.9. The summed E-state index contributed by atoms with van der Waals surface area (Å²) in [5.41, 5.74) is 3.52. The van der Waals surface area contributed by atoms with Crippen LogP contribution in [0.15, 0.2) is 21.3 Å². The summed E-state index contributed by atoms with van der Waals surface area (Å²) in [5.74, 6) is 0. The van der Waals surface area contributed by atoms with Crippen molar-refractivity contribution in [1.29, 1.82) is 0 Å². The van der Waals surface area contributed by atoms with E-state index in [9.17, 15) is 9.59 Å². The van der Waals surface area contributed by atoms with Gasteiger partial charge in [0, 0.05) is 29.7 Å². The fraction of sp³-hybridized carbons (Fsp3) is 0.375. The standard InChI is InChI=1S/C16H14ClNO3/c17-15(19)12-8-10-7-9-3-1-5-18-6-2-4-11(13(9)18)14(10)21-16(12)20/h7-8H,1-6H2. The van der Waals surface area contributed by atoms with Crippen LogP contribution >= 0.6 is 11.6 Å². The topological polar surface area (TPSA) is 50.5 Å². The Kier molecular flexibility index (Phi) is 2.82. The maximum Gasteiger partial charge on any atom is 0.348 e. The normalized spacial score (nSPS) is 16.9. The molecule has 0 amide bonds. The van der Waals surface area contributed by atoms with Gasteiger partial charge in [0.2, 0.25) is 0 Å². The summed E-state index contributed by atoms with van der Waals surface area (Å²) in [6.45, 7) is 2.13. The molecule has 0 fully saturated rings. The van der Waals surface area contributed by atoms with Gasteiger partial charge in [0.05, 0.1) is 0 Å². The van der Waals surface area contributed by atoms with Crippen molar-refractivity contribution in [3.8, 4) is 0 Å². The molecule has 0 atom stereocenters. The first-order valence-corrected chi connectivity index (χ1v) is 7.60. The fourth-order valence-electron chi connectivity index (χ4n) is 3.58. The molecular weight excluding hydrogens is 290 g/mol. The van der Waals surface area contributed by atoms with E-state index in [0.29, 0.717) is 5.58 Å². The van der Waals surface area contributed by atoms with Gasteiger partial charge in [-0.1, -0.05) is 0 Å². The van der Waals surface area contributed by atoms with Crippen molar-refractivity contribution in [1.82, 2.24) is 0 Å². The molecule has 5 heteroatoms. The molecule has 1 aromatic heterocycles. The van der Waals surface area contributed by atoms with Crippen LogP contribution in [-0.4, -0.2) is 18.3 Å². The van der Waals surface area contributed by atoms with Gasteiger partial charge in [-0.2, -0.15) is 0 Å². The van der Waals surface area contributed by atoms with Crippen LogP contribution in [0.2, 0.25) is 0 Å². The molecular formula is C16H14ClNO3. The molecule has 0 spiro atoms. The van der Waals surface area contributed by atoms with Crippen LogP contribution in [0.3, 0.4) is 0 Å². The lowest BCUT2D eigenvalue weighted by atomic mass is 9.90. The number of hydrogen-bond donors (Lipinski definition) is 0. The number of nitrogens with zero attached hydrogens (tertiary/aromatic N) is 1. The maximum atomic E-state index is 11.9. The van der Waals surface area contributed by atoms with Gasteiger partial charge >= 0.3 is 5.63 Å². The van der Waals surface area contributed by atoms with E-state index in [-0.39, 0.29) is 5.56 Å². The second-order valence-electron chi connectivity index (χ2n) is 5.70. The molecule has 4 rings (SSSR count). The molecule has 4 nitrogen and oxygen atoms in total. The van der Waals surface area contributed by atoms with Crippen LogP contribution in [0.4, 0.5) is 5.69 Å². The minimum absolute atomic E-state index is 0.0835. The van der Waals surface area contributed by atoms with Gasteiger partial charge in [0.15, 0.2) is 0 Å². The lowest BCUT2D eigenvalue weighted by Crippen LogP contribution is -2.34. The summed E-state index contributed by atoms with van der Waals surface area (Å²) in [7, 11) is 0. The zero-order chi connectivity index (χ0) is 14.6. The Morgan fingerprint density at radius 1 is 1.19 bits per heavy atom. The highest BCUT2D eigenvalue weighted by molar-refractivity contribution is 6.67. The summed E-state index contributed by atoms with van der Waals surface area (Å²) >= 11 is 5.45. The summed E-state index contributed by atoms with van der Waals surface area (Å²) < 4.78 is 5.44. The number of benzene rings is 1. The Bertz CT molecular complexity index is 822. The minimum atomic E-state index is -0.765. The molecule has 2 aromatic rings. The number of halogens is 1. The Balaban J connectivity index is 2.08. The van der Waals surface area contributed by atoms with E-state index in [0.717, 1.165) is 49.7 Å². The number of carbonyl (C=O) groups excluding carboxylic acids is 1. The highest BCUT2D eigenvalue weighted by Crippen LogP contribution is 2.39. The predicted molar refractivity (Wildman–Crippen MR) is 81.5 cm³/mol. The second-order valence-corrected chi connectivity index (χ2v) is 6.04. The molecule has 3 heterocycles. The van der Waals surface area contributed by atoms with Gasteiger partial charge in [-0.05, 0) is 55.0 Å². The highest BCUT2D eigenvalue weighted by Gasteiger charge is 2.27. The Morgan fingerprint density at radius 2 is 1.95 bits per heavy atom. The molecule has 1 aromatic carbocycles. The minimum Gasteiger partial charge on any atom is -0.422 e. The predicted octanol–water partition coefficient (Wildman–Crippen LogP) is 2.87. The monoisotopic (exact) mass is 303 g/mol. The first-order chi connectivity index (χ1) is 10.1. The average Bonchev–Trinajstić information content (AvgIpc) is 2.48. The number of rotatable bonds is 1. The Labute approximate surface area is 126 Å². The van der Waals surface area contributed by atoms with E-state index < -0.39 is 10.9 Å². The largest absolute Gasteiger partial charge is 0.422 e. The number of fused-ring (bicyclic) bond motifs is 2. The first-order valence-electron chi connectivity index (χ1n) is 7.22. The van der Waals surface area contributed by atoms with E-state index >= 15 is 0 Å². The van der Waals surface area contributed by atoms with Crippen molar-refractivity contribution in [3.63, 3.8) is 0 Å². The molecule has 0 bridgehead atoms. The molecule has 2 aliphatic rings. The molecule has 0 aliphatic carbocycles. The van der Waals surface area contributed by atoms with Crippen LogP contribution in [0.25, 0.3) is 11.0 Å². The smallest absolute Gasteiger partial charge is 0.348 e. The van der Waals surface area contributed by atoms with Gasteiger partial charge in [-0.3, -0.25) is 4.79 Å². The quantitative estimate of drug-likeness (QED) is 0.600. The molecule has 0 N–H and O–H groups in total. The maximum absolute atomic E-state index is 11.9. The van der Waals surface area contributed by atoms with E-state index in [1.54, 1.807) is 6.07 Å². The lowest BCUT2D eigenvalue weighted by molar-refractivity contribution is 0.107. The summed E-state index contributed by atoms with van der Waals surface area (Å²) in [6.07, 6.45) is 4.13. The molecule has 0 saturated heterocycles. The molecule has 0 radical (unpaired) electrons. The van der Waals surface area contributed by atoms with Crippen molar-refractivity contribution in [3.05, 3.63) is 39.2 Å². The van der Waals surface area contributed by atoms with Gasteiger partial charge in [0.1, 0.15) is 11.1 Å². The van der Waals surface area contributed by atoms with Crippen LogP contribution in [-0.2, 0) is 12.8 Å². The molecule has 0 saturated carbocycles. The van der Waals surface area contributed by atoms with Crippen molar-refractivity contribution >= 4 is 33.5 Å². The van der Waals surface area contributed by atoms with E-state index in [2.05, 4.69) is 4.90 Å². The average molecular weight is 304 g/mol. The number of aryl methyl sites for hydroxylation is 2. The van der Waals surface area contributed by atoms with Crippen molar-refractivity contribution in [2.75, 3.05) is 18.0 Å². The number of carbonyl (C=O) groups is 1. The van der Waals surface area contributed by atoms with Crippen molar-refractivity contribution < 1.29 is 9.21 Å². The van der Waals surface area contributed by atoms with Crippen LogP contribution in [0, 0.1) is 0 Å². The van der Waals surface area contributed by atoms with Gasteiger partial charge in [0.25, 0.3) is 5.24 Å². The number of anilines is 1. The van der Waals surface area contributed by atoms with E-state index in [4.69, 9.17) is 16.0 Å². The summed E-state index contributed by atoms with van der Waals surface area (Å²) in [6, 6.07) is 3.61. The zero-order valence-corrected chi connectivity index (χ0v) is 12.2. The Morgan fingerprint density at radius 3 is 2.71 bits per heavy atom. The van der Waals surface area contributed by atoms with Gasteiger partial charge in [-0.15, -0.1) is 0 Å². The molecule has 2 aliphatic heterocycles.